The number of pyridine rings is 1. The summed E-state index contributed by atoms with van der Waals surface area (Å²) in [5.41, 5.74) is -0.894. The first-order valence-corrected chi connectivity index (χ1v) is 7.01. The molecule has 0 fully saturated rings. The third-order valence-corrected chi connectivity index (χ3v) is 3.52. The average Bonchev–Trinajstić information content (AvgIpc) is 2.54. The highest BCUT2D eigenvalue weighted by atomic mass is 19.4. The van der Waals surface area contributed by atoms with Gasteiger partial charge in [0.1, 0.15) is 6.61 Å². The predicted molar refractivity (Wildman–Crippen MR) is 79.4 cm³/mol. The van der Waals surface area contributed by atoms with Crippen molar-refractivity contribution in [2.45, 2.75) is 25.5 Å². The molecule has 1 unspecified atom stereocenters. The minimum Gasteiger partial charge on any atom is -0.483 e. The molecule has 2 N–H and O–H groups in total. The average molecular weight is 343 g/mol. The molecule has 0 bridgehead atoms. The van der Waals surface area contributed by atoms with E-state index in [9.17, 15) is 28.2 Å². The van der Waals surface area contributed by atoms with Gasteiger partial charge < -0.3 is 19.5 Å². The number of hydrogen-bond donors (Lipinski definition) is 2. The second-order valence-electron chi connectivity index (χ2n) is 5.14. The molecule has 0 aliphatic heterocycles. The van der Waals surface area contributed by atoms with Gasteiger partial charge in [-0.25, -0.2) is 0 Å². The standard InChI is InChI=1S/C16H16F3NO4/c1-20-11(15(23)16(17,18)19)7-13(22)14(12(20)8-21)24-9-10-5-3-2-4-6-10/h2-7,15,21,23H,8-9H2,1H3. The summed E-state index contributed by atoms with van der Waals surface area (Å²) >= 11 is 0. The molecule has 0 aliphatic rings. The Kier molecular flexibility index (Phi) is 5.30. The fourth-order valence-electron chi connectivity index (χ4n) is 2.24. The molecule has 24 heavy (non-hydrogen) atoms. The van der Waals surface area contributed by atoms with Crippen molar-refractivity contribution in [3.05, 3.63) is 63.6 Å². The maximum absolute atomic E-state index is 12.7. The van der Waals surface area contributed by atoms with Crippen molar-refractivity contribution >= 4 is 0 Å². The molecule has 1 aromatic carbocycles. The summed E-state index contributed by atoms with van der Waals surface area (Å²) in [7, 11) is 1.21. The fraction of sp³-hybridized carbons (Fsp3) is 0.312. The maximum Gasteiger partial charge on any atom is 0.420 e. The molecule has 0 radical (unpaired) electrons. The van der Waals surface area contributed by atoms with Crippen LogP contribution >= 0.6 is 0 Å². The first-order chi connectivity index (χ1) is 11.3. The van der Waals surface area contributed by atoms with Crippen LogP contribution in [0.25, 0.3) is 0 Å². The summed E-state index contributed by atoms with van der Waals surface area (Å²) in [5, 5.41) is 18.8. The van der Waals surface area contributed by atoms with Gasteiger partial charge in [-0.05, 0) is 5.56 Å². The molecule has 5 nitrogen and oxygen atoms in total. The van der Waals surface area contributed by atoms with E-state index >= 15 is 0 Å². The van der Waals surface area contributed by atoms with E-state index in [1.807, 2.05) is 0 Å². The Morgan fingerprint density at radius 2 is 1.88 bits per heavy atom. The Hall–Kier alpha value is -2.32. The molecular formula is C16H16F3NO4. The van der Waals surface area contributed by atoms with Crippen LogP contribution in [0.3, 0.4) is 0 Å². The van der Waals surface area contributed by atoms with Crippen LogP contribution in [-0.4, -0.2) is 21.0 Å². The Balaban J connectivity index is 2.40. The van der Waals surface area contributed by atoms with Crippen LogP contribution < -0.4 is 10.2 Å². The van der Waals surface area contributed by atoms with E-state index in [1.54, 1.807) is 30.3 Å². The van der Waals surface area contributed by atoms with Crippen LogP contribution in [0.5, 0.6) is 5.75 Å². The second kappa shape index (κ2) is 7.06. The number of nitrogens with zero attached hydrogens (tertiary/aromatic N) is 1. The maximum atomic E-state index is 12.7. The molecule has 0 aliphatic carbocycles. The number of aliphatic hydroxyl groups is 2. The van der Waals surface area contributed by atoms with Crippen LogP contribution in [0.2, 0.25) is 0 Å². The summed E-state index contributed by atoms with van der Waals surface area (Å²) in [6, 6.07) is 9.52. The number of hydrogen-bond acceptors (Lipinski definition) is 4. The van der Waals surface area contributed by atoms with Crippen LogP contribution in [0.4, 0.5) is 13.2 Å². The highest BCUT2D eigenvalue weighted by molar-refractivity contribution is 5.32. The Morgan fingerprint density at radius 1 is 1.25 bits per heavy atom. The lowest BCUT2D eigenvalue weighted by molar-refractivity contribution is -0.208. The van der Waals surface area contributed by atoms with E-state index in [1.165, 1.54) is 7.05 Å². The summed E-state index contributed by atoms with van der Waals surface area (Å²) in [4.78, 5) is 12.1. The van der Waals surface area contributed by atoms with Gasteiger partial charge in [0, 0.05) is 13.1 Å². The molecule has 0 saturated heterocycles. The SMILES string of the molecule is Cn1c(C(O)C(F)(F)F)cc(=O)c(OCc2ccccc2)c1CO. The summed E-state index contributed by atoms with van der Waals surface area (Å²) in [6.07, 6.45) is -7.76. The Morgan fingerprint density at radius 3 is 2.42 bits per heavy atom. The van der Waals surface area contributed by atoms with E-state index in [2.05, 4.69) is 0 Å². The second-order valence-corrected chi connectivity index (χ2v) is 5.14. The van der Waals surface area contributed by atoms with Gasteiger partial charge >= 0.3 is 6.18 Å². The molecule has 2 rings (SSSR count). The molecule has 1 heterocycles. The van der Waals surface area contributed by atoms with Gasteiger partial charge in [0.25, 0.3) is 0 Å². The van der Waals surface area contributed by atoms with E-state index in [0.29, 0.717) is 6.07 Å². The quantitative estimate of drug-likeness (QED) is 0.872. The van der Waals surface area contributed by atoms with Crippen molar-refractivity contribution in [3.8, 4) is 5.75 Å². The van der Waals surface area contributed by atoms with Crippen molar-refractivity contribution in [2.75, 3.05) is 0 Å². The zero-order valence-corrected chi connectivity index (χ0v) is 12.7. The van der Waals surface area contributed by atoms with Crippen LogP contribution in [0.15, 0.2) is 41.2 Å². The molecule has 0 amide bonds. The third-order valence-electron chi connectivity index (χ3n) is 3.52. The van der Waals surface area contributed by atoms with Gasteiger partial charge in [-0.2, -0.15) is 13.2 Å². The van der Waals surface area contributed by atoms with Crippen molar-refractivity contribution in [1.29, 1.82) is 0 Å². The highest BCUT2D eigenvalue weighted by Gasteiger charge is 2.41. The lowest BCUT2D eigenvalue weighted by Gasteiger charge is -2.21. The van der Waals surface area contributed by atoms with Crippen molar-refractivity contribution in [2.24, 2.45) is 7.05 Å². The Bertz CT molecular complexity index is 756. The van der Waals surface area contributed by atoms with E-state index in [0.717, 1.165) is 10.1 Å². The largest absolute Gasteiger partial charge is 0.483 e. The van der Waals surface area contributed by atoms with Crippen LogP contribution in [0, 0.1) is 0 Å². The minimum atomic E-state index is -4.93. The number of aromatic nitrogens is 1. The molecule has 1 atom stereocenters. The molecule has 0 saturated carbocycles. The highest BCUT2D eigenvalue weighted by Crippen LogP contribution is 2.33. The number of benzene rings is 1. The van der Waals surface area contributed by atoms with Gasteiger partial charge in [0.2, 0.25) is 5.43 Å². The molecular weight excluding hydrogens is 327 g/mol. The van der Waals surface area contributed by atoms with Gasteiger partial charge in [-0.15, -0.1) is 0 Å². The van der Waals surface area contributed by atoms with Crippen molar-refractivity contribution in [3.63, 3.8) is 0 Å². The molecule has 2 aromatic rings. The van der Waals surface area contributed by atoms with E-state index in [4.69, 9.17) is 4.74 Å². The number of ether oxygens (including phenoxy) is 1. The van der Waals surface area contributed by atoms with Crippen LogP contribution in [0.1, 0.15) is 23.1 Å². The van der Waals surface area contributed by atoms with Gasteiger partial charge in [-0.1, -0.05) is 30.3 Å². The number of halogens is 3. The number of aliphatic hydroxyl groups excluding tert-OH is 2. The van der Waals surface area contributed by atoms with Crippen LogP contribution in [-0.2, 0) is 20.3 Å². The normalized spacial score (nSPS) is 12.9. The van der Waals surface area contributed by atoms with Crippen molar-refractivity contribution < 1.29 is 28.1 Å². The summed E-state index contributed by atoms with van der Waals surface area (Å²) in [6.45, 7) is -0.696. The molecule has 130 valence electrons. The lowest BCUT2D eigenvalue weighted by atomic mass is 10.1. The summed E-state index contributed by atoms with van der Waals surface area (Å²) < 4.78 is 44.4. The fourth-order valence-corrected chi connectivity index (χ4v) is 2.24. The van der Waals surface area contributed by atoms with Gasteiger partial charge in [0.15, 0.2) is 11.9 Å². The number of alkyl halides is 3. The first-order valence-electron chi connectivity index (χ1n) is 7.01. The monoisotopic (exact) mass is 343 g/mol. The molecule has 0 spiro atoms. The molecule has 8 heteroatoms. The third kappa shape index (κ3) is 3.77. The lowest BCUT2D eigenvalue weighted by Crippen LogP contribution is -2.27. The van der Waals surface area contributed by atoms with Gasteiger partial charge in [-0.3, -0.25) is 4.79 Å². The Labute approximate surface area is 135 Å². The molecule has 1 aromatic heterocycles. The zero-order chi connectivity index (χ0) is 17.9. The number of rotatable bonds is 5. The zero-order valence-electron chi connectivity index (χ0n) is 12.7. The van der Waals surface area contributed by atoms with Crippen molar-refractivity contribution in [1.82, 2.24) is 4.57 Å². The smallest absolute Gasteiger partial charge is 0.420 e. The van der Waals surface area contributed by atoms with Gasteiger partial charge in [0.05, 0.1) is 18.0 Å². The minimum absolute atomic E-state index is 0.0181. The topological polar surface area (TPSA) is 71.7 Å². The van der Waals surface area contributed by atoms with E-state index < -0.39 is 30.0 Å². The van der Waals surface area contributed by atoms with E-state index in [-0.39, 0.29) is 18.1 Å². The predicted octanol–water partition coefficient (Wildman–Crippen LogP) is 2.05. The first kappa shape index (κ1) is 18.0. The summed E-state index contributed by atoms with van der Waals surface area (Å²) in [5.74, 6) is -0.248.